The monoisotopic (exact) mass is 200 g/mol. The number of nitrogens with one attached hydrogen (secondary N) is 1. The molecule has 1 aliphatic rings. The first kappa shape index (κ1) is 12.0. The fourth-order valence-corrected chi connectivity index (χ4v) is 1.84. The van der Waals surface area contributed by atoms with E-state index in [9.17, 15) is 5.11 Å². The van der Waals surface area contributed by atoms with Crippen LogP contribution in [0.1, 0.15) is 27.2 Å². The summed E-state index contributed by atoms with van der Waals surface area (Å²) in [6.07, 6.45) is 0.784. The second-order valence-electron chi connectivity index (χ2n) is 4.98. The van der Waals surface area contributed by atoms with E-state index in [-0.39, 0.29) is 11.5 Å². The molecule has 0 aromatic carbocycles. The Morgan fingerprint density at radius 1 is 1.50 bits per heavy atom. The van der Waals surface area contributed by atoms with E-state index in [0.717, 1.165) is 26.1 Å². The summed E-state index contributed by atoms with van der Waals surface area (Å²) in [7, 11) is 2.13. The molecule has 1 rings (SSSR count). The molecule has 2 N–H and O–H groups in total. The van der Waals surface area contributed by atoms with E-state index in [1.807, 2.05) is 0 Å². The Morgan fingerprint density at radius 2 is 2.14 bits per heavy atom. The zero-order valence-corrected chi connectivity index (χ0v) is 9.88. The summed E-state index contributed by atoms with van der Waals surface area (Å²) in [5.74, 6) is 0. The van der Waals surface area contributed by atoms with Crippen LogP contribution in [0.5, 0.6) is 0 Å². The molecule has 0 aromatic rings. The van der Waals surface area contributed by atoms with Gasteiger partial charge in [0, 0.05) is 24.5 Å². The SMILES string of the molecule is CCN(C)CCNC1CC(O)C1(C)C. The van der Waals surface area contributed by atoms with Crippen molar-refractivity contribution in [2.24, 2.45) is 5.41 Å². The Bertz CT molecular complexity index is 182. The minimum absolute atomic E-state index is 0.0603. The summed E-state index contributed by atoms with van der Waals surface area (Å²) in [6.45, 7) is 9.62. The lowest BCUT2D eigenvalue weighted by Gasteiger charge is -2.49. The molecule has 0 amide bonds. The molecule has 0 heterocycles. The third-order valence-electron chi connectivity index (χ3n) is 3.64. The smallest absolute Gasteiger partial charge is 0.0621 e. The van der Waals surface area contributed by atoms with Crippen LogP contribution in [0.3, 0.4) is 0 Å². The molecule has 2 atom stereocenters. The highest BCUT2D eigenvalue weighted by Crippen LogP contribution is 2.40. The third kappa shape index (κ3) is 2.47. The molecule has 1 aliphatic carbocycles. The maximum absolute atomic E-state index is 9.55. The van der Waals surface area contributed by atoms with E-state index in [1.165, 1.54) is 0 Å². The average molecular weight is 200 g/mol. The molecule has 3 nitrogen and oxygen atoms in total. The highest BCUT2D eigenvalue weighted by Gasteiger charge is 2.46. The molecule has 0 spiro atoms. The molecule has 0 aromatic heterocycles. The molecule has 0 bridgehead atoms. The van der Waals surface area contributed by atoms with E-state index >= 15 is 0 Å². The molecule has 0 saturated heterocycles. The summed E-state index contributed by atoms with van der Waals surface area (Å²) in [5.41, 5.74) is 0.0603. The van der Waals surface area contributed by atoms with Gasteiger partial charge in [-0.1, -0.05) is 20.8 Å². The van der Waals surface area contributed by atoms with Gasteiger partial charge >= 0.3 is 0 Å². The first-order valence-electron chi connectivity index (χ1n) is 5.58. The van der Waals surface area contributed by atoms with Crippen molar-refractivity contribution < 1.29 is 5.11 Å². The lowest BCUT2D eigenvalue weighted by molar-refractivity contribution is -0.0725. The molecule has 1 fully saturated rings. The first-order valence-corrected chi connectivity index (χ1v) is 5.58. The van der Waals surface area contributed by atoms with Crippen molar-refractivity contribution in [1.82, 2.24) is 10.2 Å². The summed E-state index contributed by atoms with van der Waals surface area (Å²) < 4.78 is 0. The number of nitrogens with zero attached hydrogens (tertiary/aromatic N) is 1. The van der Waals surface area contributed by atoms with Crippen LogP contribution in [0.4, 0.5) is 0 Å². The van der Waals surface area contributed by atoms with E-state index in [1.54, 1.807) is 0 Å². The van der Waals surface area contributed by atoms with E-state index < -0.39 is 0 Å². The van der Waals surface area contributed by atoms with E-state index in [0.29, 0.717) is 6.04 Å². The van der Waals surface area contributed by atoms with Gasteiger partial charge in [0.1, 0.15) is 0 Å². The molecule has 84 valence electrons. The lowest BCUT2D eigenvalue weighted by Crippen LogP contribution is -2.60. The summed E-state index contributed by atoms with van der Waals surface area (Å²) in [4.78, 5) is 2.29. The van der Waals surface area contributed by atoms with Crippen LogP contribution in [-0.4, -0.2) is 48.8 Å². The van der Waals surface area contributed by atoms with Gasteiger partial charge in [-0.05, 0) is 20.0 Å². The summed E-state index contributed by atoms with van der Waals surface area (Å²) in [6, 6.07) is 0.489. The Kier molecular flexibility index (Phi) is 3.93. The van der Waals surface area contributed by atoms with Crippen molar-refractivity contribution in [1.29, 1.82) is 0 Å². The van der Waals surface area contributed by atoms with Gasteiger partial charge in [-0.2, -0.15) is 0 Å². The van der Waals surface area contributed by atoms with Crippen molar-refractivity contribution in [2.45, 2.75) is 39.3 Å². The molecule has 0 radical (unpaired) electrons. The number of aliphatic hydroxyl groups is 1. The van der Waals surface area contributed by atoms with Crippen LogP contribution in [0.25, 0.3) is 0 Å². The molecular formula is C11H24N2O. The molecular weight excluding hydrogens is 176 g/mol. The number of hydrogen-bond acceptors (Lipinski definition) is 3. The van der Waals surface area contributed by atoms with Gasteiger partial charge in [0.05, 0.1) is 6.10 Å². The Hall–Kier alpha value is -0.120. The molecule has 3 heteroatoms. The number of likely N-dealkylation sites (N-methyl/N-ethyl adjacent to an activating group) is 1. The minimum Gasteiger partial charge on any atom is -0.392 e. The van der Waals surface area contributed by atoms with E-state index in [2.05, 4.69) is 38.0 Å². The number of aliphatic hydroxyl groups excluding tert-OH is 1. The fourth-order valence-electron chi connectivity index (χ4n) is 1.84. The molecule has 1 saturated carbocycles. The zero-order chi connectivity index (χ0) is 10.8. The Morgan fingerprint density at radius 3 is 2.57 bits per heavy atom. The van der Waals surface area contributed by atoms with Crippen molar-refractivity contribution in [3.05, 3.63) is 0 Å². The molecule has 2 unspecified atom stereocenters. The van der Waals surface area contributed by atoms with Gasteiger partial charge in [-0.25, -0.2) is 0 Å². The second kappa shape index (κ2) is 4.60. The van der Waals surface area contributed by atoms with Gasteiger partial charge in [0.2, 0.25) is 0 Å². The highest BCUT2D eigenvalue weighted by molar-refractivity contribution is 5.01. The predicted molar refractivity (Wildman–Crippen MR) is 59.4 cm³/mol. The van der Waals surface area contributed by atoms with Crippen molar-refractivity contribution in [3.63, 3.8) is 0 Å². The van der Waals surface area contributed by atoms with Crippen LogP contribution < -0.4 is 5.32 Å². The lowest BCUT2D eigenvalue weighted by atomic mass is 9.64. The normalized spacial score (nSPS) is 30.4. The van der Waals surface area contributed by atoms with Crippen LogP contribution in [0.15, 0.2) is 0 Å². The first-order chi connectivity index (χ1) is 6.48. The largest absolute Gasteiger partial charge is 0.392 e. The maximum Gasteiger partial charge on any atom is 0.0621 e. The minimum atomic E-state index is -0.121. The summed E-state index contributed by atoms with van der Waals surface area (Å²) >= 11 is 0. The zero-order valence-electron chi connectivity index (χ0n) is 9.88. The maximum atomic E-state index is 9.55. The topological polar surface area (TPSA) is 35.5 Å². The van der Waals surface area contributed by atoms with Crippen molar-refractivity contribution in [3.8, 4) is 0 Å². The average Bonchev–Trinajstić information content (AvgIpc) is 2.16. The fraction of sp³-hybridized carbons (Fsp3) is 1.00. The third-order valence-corrected chi connectivity index (χ3v) is 3.64. The predicted octanol–water partition coefficient (Wildman–Crippen LogP) is 0.687. The second-order valence-corrected chi connectivity index (χ2v) is 4.98. The summed E-state index contributed by atoms with van der Waals surface area (Å²) in [5, 5.41) is 13.1. The number of rotatable bonds is 5. The van der Waals surface area contributed by atoms with Crippen molar-refractivity contribution in [2.75, 3.05) is 26.7 Å². The van der Waals surface area contributed by atoms with Gasteiger partial charge in [-0.15, -0.1) is 0 Å². The standard InChI is InChI=1S/C11H24N2O/c1-5-13(4)7-6-12-9-8-10(14)11(9,2)3/h9-10,12,14H,5-8H2,1-4H3. The Labute approximate surface area is 87.5 Å². The van der Waals surface area contributed by atoms with Gasteiger partial charge in [0.25, 0.3) is 0 Å². The van der Waals surface area contributed by atoms with Crippen LogP contribution in [0, 0.1) is 5.41 Å². The Balaban J connectivity index is 2.15. The van der Waals surface area contributed by atoms with Crippen LogP contribution >= 0.6 is 0 Å². The van der Waals surface area contributed by atoms with Gasteiger partial charge < -0.3 is 15.3 Å². The molecule has 14 heavy (non-hydrogen) atoms. The van der Waals surface area contributed by atoms with Crippen molar-refractivity contribution >= 4 is 0 Å². The quantitative estimate of drug-likeness (QED) is 0.685. The van der Waals surface area contributed by atoms with Crippen LogP contribution in [-0.2, 0) is 0 Å². The number of hydrogen-bond donors (Lipinski definition) is 2. The van der Waals surface area contributed by atoms with E-state index in [4.69, 9.17) is 0 Å². The van der Waals surface area contributed by atoms with Gasteiger partial charge in [0.15, 0.2) is 0 Å². The highest BCUT2D eigenvalue weighted by atomic mass is 16.3. The van der Waals surface area contributed by atoms with Crippen LogP contribution in [0.2, 0.25) is 0 Å². The molecule has 0 aliphatic heterocycles. The van der Waals surface area contributed by atoms with Gasteiger partial charge in [-0.3, -0.25) is 0 Å².